The van der Waals surface area contributed by atoms with Crippen molar-refractivity contribution in [2.45, 2.75) is 0 Å². The van der Waals surface area contributed by atoms with Crippen LogP contribution in [0.2, 0.25) is 0 Å². The molecule has 0 aliphatic rings. The molecule has 0 unspecified atom stereocenters. The lowest BCUT2D eigenvalue weighted by atomic mass is 9.93. The summed E-state index contributed by atoms with van der Waals surface area (Å²) in [5.41, 5.74) is 4.27. The zero-order valence-electron chi connectivity index (χ0n) is 12.6. The third kappa shape index (κ3) is 2.10. The summed E-state index contributed by atoms with van der Waals surface area (Å²) in [5, 5.41) is 4.84. The monoisotopic (exact) mass is 282 g/mol. The molecular formula is C22H18. The van der Waals surface area contributed by atoms with E-state index in [2.05, 4.69) is 68.8 Å². The Balaban J connectivity index is 2.45. The zero-order valence-corrected chi connectivity index (χ0v) is 12.6. The van der Waals surface area contributed by atoms with Crippen molar-refractivity contribution in [2.75, 3.05) is 0 Å². The summed E-state index contributed by atoms with van der Waals surface area (Å²) in [6.45, 7) is 15.7. The van der Waals surface area contributed by atoms with Crippen LogP contribution in [0.4, 0.5) is 0 Å². The van der Waals surface area contributed by atoms with Gasteiger partial charge in [0.2, 0.25) is 0 Å². The summed E-state index contributed by atoms with van der Waals surface area (Å²) in [4.78, 5) is 0. The highest BCUT2D eigenvalue weighted by Gasteiger charge is 2.07. The average molecular weight is 282 g/mol. The summed E-state index contributed by atoms with van der Waals surface area (Å²) in [6.07, 6.45) is 5.55. The van der Waals surface area contributed by atoms with Crippen LogP contribution in [0.5, 0.6) is 0 Å². The molecule has 3 aromatic carbocycles. The number of benzene rings is 3. The van der Waals surface area contributed by atoms with Crippen molar-refractivity contribution in [2.24, 2.45) is 0 Å². The van der Waals surface area contributed by atoms with Gasteiger partial charge in [-0.15, -0.1) is 0 Å². The molecule has 0 aliphatic carbocycles. The molecule has 0 aliphatic heterocycles. The van der Waals surface area contributed by atoms with E-state index in [0.717, 1.165) is 22.3 Å². The molecule has 0 heterocycles. The van der Waals surface area contributed by atoms with Crippen LogP contribution in [-0.2, 0) is 0 Å². The molecule has 0 heteroatoms. The van der Waals surface area contributed by atoms with Crippen LogP contribution in [0.3, 0.4) is 0 Å². The quantitative estimate of drug-likeness (QED) is 0.379. The first-order valence-electron chi connectivity index (χ1n) is 7.25. The Morgan fingerprint density at radius 1 is 0.773 bits per heavy atom. The molecule has 0 bridgehead atoms. The lowest BCUT2D eigenvalue weighted by molar-refractivity contribution is 1.67. The van der Waals surface area contributed by atoms with E-state index in [1.807, 2.05) is 12.2 Å². The van der Waals surface area contributed by atoms with E-state index in [1.165, 1.54) is 21.5 Å². The molecule has 0 saturated carbocycles. The molecule has 106 valence electrons. The van der Waals surface area contributed by atoms with Crippen LogP contribution in [0.15, 0.2) is 74.9 Å². The van der Waals surface area contributed by atoms with Gasteiger partial charge in [0.15, 0.2) is 0 Å². The molecule has 3 aromatic rings. The van der Waals surface area contributed by atoms with Crippen LogP contribution < -0.4 is 0 Å². The molecule has 0 saturated heterocycles. The topological polar surface area (TPSA) is 0 Å². The summed E-state index contributed by atoms with van der Waals surface area (Å²) < 4.78 is 0. The minimum atomic E-state index is 0.941. The fourth-order valence-corrected chi connectivity index (χ4v) is 2.92. The van der Waals surface area contributed by atoms with Crippen molar-refractivity contribution in [1.82, 2.24) is 0 Å². The predicted octanol–water partition coefficient (Wildman–Crippen LogP) is 6.48. The first-order chi connectivity index (χ1) is 10.7. The average Bonchev–Trinajstić information content (AvgIpc) is 2.58. The molecule has 0 N–H and O–H groups in total. The summed E-state index contributed by atoms with van der Waals surface area (Å²) in [6, 6.07) is 15.0. The van der Waals surface area contributed by atoms with Crippen molar-refractivity contribution in [1.29, 1.82) is 0 Å². The van der Waals surface area contributed by atoms with Crippen molar-refractivity contribution < 1.29 is 0 Å². The van der Waals surface area contributed by atoms with Crippen LogP contribution in [0.1, 0.15) is 16.7 Å². The van der Waals surface area contributed by atoms with E-state index in [9.17, 15) is 0 Å². The van der Waals surface area contributed by atoms with Crippen molar-refractivity contribution in [3.05, 3.63) is 91.5 Å². The Kier molecular flexibility index (Phi) is 3.52. The first kappa shape index (κ1) is 14.1. The van der Waals surface area contributed by atoms with Gasteiger partial charge in [-0.2, -0.15) is 0 Å². The van der Waals surface area contributed by atoms with Crippen LogP contribution in [-0.4, -0.2) is 0 Å². The summed E-state index contributed by atoms with van der Waals surface area (Å²) in [7, 11) is 0. The maximum absolute atomic E-state index is 4.09. The normalized spacial score (nSPS) is 10.5. The lowest BCUT2D eigenvalue weighted by Gasteiger charge is -2.11. The summed E-state index contributed by atoms with van der Waals surface area (Å²) >= 11 is 0. The highest BCUT2D eigenvalue weighted by Crippen LogP contribution is 2.32. The highest BCUT2D eigenvalue weighted by atomic mass is 14.1. The Hall–Kier alpha value is -2.86. The molecule has 0 fully saturated rings. The molecule has 0 nitrogen and oxygen atoms in total. The Bertz CT molecular complexity index is 939. The molecule has 22 heavy (non-hydrogen) atoms. The zero-order chi connectivity index (χ0) is 15.7. The molecule has 0 amide bonds. The second-order valence-electron chi connectivity index (χ2n) is 5.31. The minimum Gasteiger partial charge on any atom is -0.0985 e. The second kappa shape index (κ2) is 5.50. The Morgan fingerprint density at radius 2 is 1.50 bits per heavy atom. The molecule has 3 rings (SSSR count). The standard InChI is InChI=1S/C22H18/c1-5-15(4)19-9-8-10-20-21(19)12-11-18-13-16(6-2)17(7-3)14-22(18)20/h5-14H,1-4H2. The largest absolute Gasteiger partial charge is 0.0985 e. The van der Waals surface area contributed by atoms with E-state index in [4.69, 9.17) is 0 Å². The summed E-state index contributed by atoms with van der Waals surface area (Å²) in [5.74, 6) is 0. The van der Waals surface area contributed by atoms with E-state index in [-0.39, 0.29) is 0 Å². The van der Waals surface area contributed by atoms with E-state index in [1.54, 1.807) is 6.08 Å². The van der Waals surface area contributed by atoms with Gasteiger partial charge in [-0.05, 0) is 55.9 Å². The van der Waals surface area contributed by atoms with Gasteiger partial charge in [-0.25, -0.2) is 0 Å². The number of hydrogen-bond acceptors (Lipinski definition) is 0. The van der Waals surface area contributed by atoms with Crippen molar-refractivity contribution in [3.8, 4) is 0 Å². The lowest BCUT2D eigenvalue weighted by Crippen LogP contribution is -1.87. The third-order valence-electron chi connectivity index (χ3n) is 4.11. The maximum atomic E-state index is 4.09. The van der Waals surface area contributed by atoms with Crippen LogP contribution >= 0.6 is 0 Å². The SMILES string of the molecule is C=CC(=C)c1cccc2c1ccc1cc(C=C)c(C=C)cc12. The van der Waals surface area contributed by atoms with E-state index in [0.29, 0.717) is 0 Å². The Labute approximate surface area is 131 Å². The molecular weight excluding hydrogens is 264 g/mol. The Morgan fingerprint density at radius 3 is 2.18 bits per heavy atom. The van der Waals surface area contributed by atoms with Gasteiger partial charge in [-0.1, -0.05) is 74.9 Å². The van der Waals surface area contributed by atoms with Gasteiger partial charge < -0.3 is 0 Å². The van der Waals surface area contributed by atoms with Gasteiger partial charge >= 0.3 is 0 Å². The van der Waals surface area contributed by atoms with Crippen LogP contribution in [0.25, 0.3) is 39.3 Å². The van der Waals surface area contributed by atoms with Gasteiger partial charge in [0.1, 0.15) is 0 Å². The molecule has 0 spiro atoms. The second-order valence-corrected chi connectivity index (χ2v) is 5.31. The van der Waals surface area contributed by atoms with Gasteiger partial charge in [0.05, 0.1) is 0 Å². The van der Waals surface area contributed by atoms with Crippen molar-refractivity contribution in [3.63, 3.8) is 0 Å². The molecule has 0 aromatic heterocycles. The van der Waals surface area contributed by atoms with Crippen molar-refractivity contribution >= 4 is 39.3 Å². The molecule has 0 atom stereocenters. The number of allylic oxidation sites excluding steroid dienone is 2. The first-order valence-corrected chi connectivity index (χ1v) is 7.25. The maximum Gasteiger partial charge on any atom is -0.00988 e. The number of fused-ring (bicyclic) bond motifs is 3. The smallest absolute Gasteiger partial charge is 0.00988 e. The van der Waals surface area contributed by atoms with Gasteiger partial charge in [0.25, 0.3) is 0 Å². The predicted molar refractivity (Wildman–Crippen MR) is 101 cm³/mol. The van der Waals surface area contributed by atoms with E-state index < -0.39 is 0 Å². The molecule has 0 radical (unpaired) electrons. The van der Waals surface area contributed by atoms with E-state index >= 15 is 0 Å². The fourth-order valence-electron chi connectivity index (χ4n) is 2.92. The van der Waals surface area contributed by atoms with Crippen LogP contribution in [0, 0.1) is 0 Å². The third-order valence-corrected chi connectivity index (χ3v) is 4.11. The fraction of sp³-hybridized carbons (Fsp3) is 0. The highest BCUT2D eigenvalue weighted by molar-refractivity contribution is 6.12. The van der Waals surface area contributed by atoms with Gasteiger partial charge in [-0.3, -0.25) is 0 Å². The number of rotatable bonds is 4. The minimum absolute atomic E-state index is 0.941. The number of hydrogen-bond donors (Lipinski definition) is 0. The van der Waals surface area contributed by atoms with Gasteiger partial charge in [0, 0.05) is 0 Å².